The molecule has 3 amide bonds. The lowest BCUT2D eigenvalue weighted by molar-refractivity contribution is -0.139. The van der Waals surface area contributed by atoms with E-state index < -0.39 is 35.5 Å². The van der Waals surface area contributed by atoms with Crippen molar-refractivity contribution in [3.8, 4) is 11.1 Å². The normalized spacial score (nSPS) is 17.8. The first-order chi connectivity index (χ1) is 18.9. The fourth-order valence-corrected chi connectivity index (χ4v) is 5.41. The standard InChI is InChI=1S/C31H40F3N3O3/c1-4-8-25(28(35)38)26(17-20(2)3)29(39)36-27-11-5-6-16-37(30(27)40)19-21-9-7-10-23(18-21)22-12-14-24(15-13-22)31(32,33)34/h7,9-10,12-15,18,20,25-27H,4-6,8,11,16-17,19H2,1-3H3,(H2,35,38)(H,36,39)/t25-,26?,27-/m0/s1. The minimum absolute atomic E-state index is 0.174. The molecule has 2 aromatic carbocycles. The van der Waals surface area contributed by atoms with Crippen LogP contribution < -0.4 is 11.1 Å². The molecular weight excluding hydrogens is 519 g/mol. The van der Waals surface area contributed by atoms with E-state index >= 15 is 0 Å². The molecule has 3 rings (SSSR count). The third kappa shape index (κ3) is 8.32. The predicted octanol–water partition coefficient (Wildman–Crippen LogP) is 5.93. The number of rotatable bonds is 11. The van der Waals surface area contributed by atoms with Gasteiger partial charge < -0.3 is 16.0 Å². The summed E-state index contributed by atoms with van der Waals surface area (Å²) in [6.07, 6.45) is -0.604. The van der Waals surface area contributed by atoms with Crippen LogP contribution in [-0.2, 0) is 27.1 Å². The van der Waals surface area contributed by atoms with Crippen molar-refractivity contribution < 1.29 is 27.6 Å². The molecular formula is C31H40F3N3O3. The molecule has 0 aromatic heterocycles. The molecule has 0 spiro atoms. The lowest BCUT2D eigenvalue weighted by Crippen LogP contribution is -2.50. The molecule has 0 saturated carbocycles. The number of carbonyl (C=O) groups is 3. The molecule has 0 aliphatic carbocycles. The number of alkyl halides is 3. The molecule has 3 N–H and O–H groups in total. The van der Waals surface area contributed by atoms with Crippen LogP contribution in [0.4, 0.5) is 13.2 Å². The zero-order valence-electron chi connectivity index (χ0n) is 23.5. The van der Waals surface area contributed by atoms with E-state index in [-0.39, 0.29) is 17.7 Å². The zero-order chi connectivity index (χ0) is 29.4. The number of primary amides is 1. The first-order valence-electron chi connectivity index (χ1n) is 14.1. The molecule has 0 bridgehead atoms. The number of hydrogen-bond acceptors (Lipinski definition) is 3. The Morgan fingerprint density at radius 2 is 1.75 bits per heavy atom. The highest BCUT2D eigenvalue weighted by atomic mass is 19.4. The zero-order valence-corrected chi connectivity index (χ0v) is 23.5. The van der Waals surface area contributed by atoms with Crippen LogP contribution in [0, 0.1) is 17.8 Å². The second-order valence-corrected chi connectivity index (χ2v) is 11.1. The van der Waals surface area contributed by atoms with E-state index in [2.05, 4.69) is 5.32 Å². The number of amides is 3. The molecule has 1 fully saturated rings. The van der Waals surface area contributed by atoms with Gasteiger partial charge in [-0.1, -0.05) is 57.5 Å². The van der Waals surface area contributed by atoms with Gasteiger partial charge in [0.25, 0.3) is 0 Å². The maximum Gasteiger partial charge on any atom is 0.416 e. The van der Waals surface area contributed by atoms with Crippen molar-refractivity contribution in [2.24, 2.45) is 23.5 Å². The Morgan fingerprint density at radius 1 is 1.05 bits per heavy atom. The molecule has 1 saturated heterocycles. The molecule has 218 valence electrons. The molecule has 9 heteroatoms. The number of benzene rings is 2. The monoisotopic (exact) mass is 559 g/mol. The molecule has 3 atom stereocenters. The lowest BCUT2D eigenvalue weighted by Gasteiger charge is -2.29. The highest BCUT2D eigenvalue weighted by Crippen LogP contribution is 2.31. The van der Waals surface area contributed by atoms with Crippen molar-refractivity contribution in [1.29, 1.82) is 0 Å². The number of hydrogen-bond donors (Lipinski definition) is 2. The number of likely N-dealkylation sites (tertiary alicyclic amines) is 1. The van der Waals surface area contributed by atoms with E-state index in [1.54, 1.807) is 4.90 Å². The highest BCUT2D eigenvalue weighted by molar-refractivity contribution is 5.91. The smallest absolute Gasteiger partial charge is 0.369 e. The van der Waals surface area contributed by atoms with Crippen molar-refractivity contribution >= 4 is 17.7 Å². The minimum Gasteiger partial charge on any atom is -0.369 e. The molecule has 1 heterocycles. The van der Waals surface area contributed by atoms with E-state index in [0.29, 0.717) is 37.9 Å². The van der Waals surface area contributed by atoms with E-state index in [9.17, 15) is 27.6 Å². The largest absolute Gasteiger partial charge is 0.416 e. The summed E-state index contributed by atoms with van der Waals surface area (Å²) < 4.78 is 38.9. The van der Waals surface area contributed by atoms with Gasteiger partial charge in [-0.2, -0.15) is 13.2 Å². The summed E-state index contributed by atoms with van der Waals surface area (Å²) >= 11 is 0. The summed E-state index contributed by atoms with van der Waals surface area (Å²) in [7, 11) is 0. The van der Waals surface area contributed by atoms with Gasteiger partial charge in [-0.05, 0) is 72.9 Å². The second-order valence-electron chi connectivity index (χ2n) is 11.1. The van der Waals surface area contributed by atoms with Gasteiger partial charge >= 0.3 is 6.18 Å². The SMILES string of the molecule is CCC[C@H](C(N)=O)C(CC(C)C)C(=O)N[C@H]1CCCCN(Cc2cccc(-c3ccc(C(F)(F)F)cc3)c2)C1=O. The van der Waals surface area contributed by atoms with Gasteiger partial charge in [-0.3, -0.25) is 14.4 Å². The third-order valence-corrected chi connectivity index (χ3v) is 7.46. The fraction of sp³-hybridized carbons (Fsp3) is 0.516. The van der Waals surface area contributed by atoms with Crippen molar-refractivity contribution in [3.05, 3.63) is 59.7 Å². The Morgan fingerprint density at radius 3 is 2.35 bits per heavy atom. The molecule has 1 aliphatic heterocycles. The summed E-state index contributed by atoms with van der Waals surface area (Å²) in [6.45, 7) is 6.77. The van der Waals surface area contributed by atoms with Gasteiger partial charge in [0, 0.05) is 24.9 Å². The molecule has 40 heavy (non-hydrogen) atoms. The Bertz CT molecular complexity index is 1160. The quantitative estimate of drug-likeness (QED) is 0.357. The first kappa shape index (κ1) is 31.2. The average molecular weight is 560 g/mol. The van der Waals surface area contributed by atoms with Gasteiger partial charge in [0.15, 0.2) is 0 Å². The predicted molar refractivity (Wildman–Crippen MR) is 149 cm³/mol. The number of carbonyl (C=O) groups excluding carboxylic acids is 3. The van der Waals surface area contributed by atoms with E-state index in [1.807, 2.05) is 45.0 Å². The van der Waals surface area contributed by atoms with Crippen molar-refractivity contribution in [2.45, 2.75) is 78.1 Å². The summed E-state index contributed by atoms with van der Waals surface area (Å²) in [5, 5.41) is 2.95. The van der Waals surface area contributed by atoms with Crippen LogP contribution in [0.25, 0.3) is 11.1 Å². The van der Waals surface area contributed by atoms with Crippen LogP contribution in [-0.4, -0.2) is 35.2 Å². The Hall–Kier alpha value is -3.36. The van der Waals surface area contributed by atoms with E-state index in [0.717, 1.165) is 42.5 Å². The molecule has 2 aromatic rings. The topological polar surface area (TPSA) is 92.5 Å². The summed E-state index contributed by atoms with van der Waals surface area (Å²) in [5.41, 5.74) is 7.20. The molecule has 6 nitrogen and oxygen atoms in total. The van der Waals surface area contributed by atoms with Gasteiger partial charge in [0.1, 0.15) is 6.04 Å². The Balaban J connectivity index is 1.75. The van der Waals surface area contributed by atoms with Crippen molar-refractivity contribution in [3.63, 3.8) is 0 Å². The molecule has 0 radical (unpaired) electrons. The molecule has 1 aliphatic rings. The maximum absolute atomic E-state index is 13.6. The highest BCUT2D eigenvalue weighted by Gasteiger charge is 2.36. The summed E-state index contributed by atoms with van der Waals surface area (Å²) in [5.74, 6) is -1.99. The maximum atomic E-state index is 13.6. The minimum atomic E-state index is -4.40. The number of nitrogens with zero attached hydrogens (tertiary/aromatic N) is 1. The average Bonchev–Trinajstić information content (AvgIpc) is 3.06. The van der Waals surface area contributed by atoms with Gasteiger partial charge in [0.05, 0.1) is 5.56 Å². The van der Waals surface area contributed by atoms with Crippen molar-refractivity contribution in [1.82, 2.24) is 10.2 Å². The first-order valence-corrected chi connectivity index (χ1v) is 14.1. The van der Waals surface area contributed by atoms with Crippen LogP contribution in [0.3, 0.4) is 0 Å². The van der Waals surface area contributed by atoms with E-state index in [4.69, 9.17) is 5.73 Å². The molecule has 1 unspecified atom stereocenters. The summed E-state index contributed by atoms with van der Waals surface area (Å²) in [6, 6.07) is 11.7. The lowest BCUT2D eigenvalue weighted by atomic mass is 9.81. The van der Waals surface area contributed by atoms with Crippen LogP contribution >= 0.6 is 0 Å². The van der Waals surface area contributed by atoms with Gasteiger partial charge in [-0.15, -0.1) is 0 Å². The van der Waals surface area contributed by atoms with Gasteiger partial charge in [0.2, 0.25) is 17.7 Å². The van der Waals surface area contributed by atoms with Crippen LogP contribution in [0.5, 0.6) is 0 Å². The second kappa shape index (κ2) is 13.8. The Labute approximate surface area is 234 Å². The summed E-state index contributed by atoms with van der Waals surface area (Å²) in [4.78, 5) is 40.9. The van der Waals surface area contributed by atoms with Crippen molar-refractivity contribution in [2.75, 3.05) is 6.54 Å². The third-order valence-electron chi connectivity index (χ3n) is 7.46. The number of nitrogens with two attached hydrogens (primary N) is 1. The Kier molecular flexibility index (Phi) is 10.8. The number of halogens is 3. The van der Waals surface area contributed by atoms with Gasteiger partial charge in [-0.25, -0.2) is 0 Å². The fourth-order valence-electron chi connectivity index (χ4n) is 5.41. The van der Waals surface area contributed by atoms with Crippen LogP contribution in [0.1, 0.15) is 70.4 Å². The van der Waals surface area contributed by atoms with Crippen LogP contribution in [0.15, 0.2) is 48.5 Å². The number of nitrogens with one attached hydrogen (secondary N) is 1. The van der Waals surface area contributed by atoms with Crippen LogP contribution in [0.2, 0.25) is 0 Å². The van der Waals surface area contributed by atoms with E-state index in [1.165, 1.54) is 12.1 Å².